The first-order valence-corrected chi connectivity index (χ1v) is 9.49. The lowest BCUT2D eigenvalue weighted by atomic mass is 9.99. The molecule has 1 fully saturated rings. The molecule has 1 N–H and O–H groups in total. The van der Waals surface area contributed by atoms with Crippen LogP contribution >= 0.6 is 0 Å². The average molecular weight is 398 g/mol. The van der Waals surface area contributed by atoms with Gasteiger partial charge in [0.1, 0.15) is 11.8 Å². The molecule has 0 bridgehead atoms. The molecule has 9 nitrogen and oxygen atoms in total. The van der Waals surface area contributed by atoms with Crippen molar-refractivity contribution in [3.63, 3.8) is 0 Å². The van der Waals surface area contributed by atoms with Gasteiger partial charge in [-0.2, -0.15) is 15.5 Å². The molecule has 1 aromatic carbocycles. The van der Waals surface area contributed by atoms with E-state index in [-0.39, 0.29) is 11.8 Å². The summed E-state index contributed by atoms with van der Waals surface area (Å²) in [5.74, 6) is 0.651. The number of fused-ring (bicyclic) bond motifs is 1. The molecule has 0 atom stereocenters. The fraction of sp³-hybridized carbons (Fsp3) is 0.190. The Morgan fingerprint density at radius 3 is 2.67 bits per heavy atom. The molecule has 5 rings (SSSR count). The minimum absolute atomic E-state index is 0.0348. The first-order valence-electron chi connectivity index (χ1n) is 9.49. The molecule has 30 heavy (non-hydrogen) atoms. The predicted octanol–water partition coefficient (Wildman–Crippen LogP) is 2.08. The SMILES string of the molecule is Cn1cc(-c2cc3c(N4CC(C(=O)Nc5ccc(C#N)cc5)C4)ncnn3c2)cn1. The third-order valence-electron chi connectivity index (χ3n) is 5.26. The highest BCUT2D eigenvalue weighted by Crippen LogP contribution is 2.30. The lowest BCUT2D eigenvalue weighted by Crippen LogP contribution is -2.52. The summed E-state index contributed by atoms with van der Waals surface area (Å²) >= 11 is 0. The molecule has 1 saturated heterocycles. The van der Waals surface area contributed by atoms with Crippen LogP contribution in [-0.2, 0) is 11.8 Å². The Hall–Kier alpha value is -4.19. The molecular formula is C21H18N8O. The molecule has 0 spiro atoms. The van der Waals surface area contributed by atoms with E-state index in [0.29, 0.717) is 24.3 Å². The van der Waals surface area contributed by atoms with Crippen molar-refractivity contribution < 1.29 is 4.79 Å². The van der Waals surface area contributed by atoms with Crippen molar-refractivity contribution in [1.82, 2.24) is 24.4 Å². The van der Waals surface area contributed by atoms with Gasteiger partial charge in [-0.1, -0.05) is 0 Å². The predicted molar refractivity (Wildman–Crippen MR) is 111 cm³/mol. The molecule has 9 heteroatoms. The molecule has 0 radical (unpaired) electrons. The summed E-state index contributed by atoms with van der Waals surface area (Å²) in [5, 5.41) is 20.3. The summed E-state index contributed by atoms with van der Waals surface area (Å²) in [7, 11) is 1.88. The highest BCUT2D eigenvalue weighted by atomic mass is 16.2. The van der Waals surface area contributed by atoms with Gasteiger partial charge in [-0.15, -0.1) is 0 Å². The van der Waals surface area contributed by atoms with Crippen LogP contribution in [-0.4, -0.2) is 43.4 Å². The van der Waals surface area contributed by atoms with Crippen molar-refractivity contribution in [1.29, 1.82) is 5.26 Å². The summed E-state index contributed by atoms with van der Waals surface area (Å²) in [4.78, 5) is 19.1. The summed E-state index contributed by atoms with van der Waals surface area (Å²) in [5.41, 5.74) is 4.17. The Morgan fingerprint density at radius 1 is 1.17 bits per heavy atom. The molecule has 148 valence electrons. The van der Waals surface area contributed by atoms with Crippen LogP contribution in [0.4, 0.5) is 11.5 Å². The number of rotatable bonds is 4. The van der Waals surface area contributed by atoms with Crippen LogP contribution < -0.4 is 10.2 Å². The van der Waals surface area contributed by atoms with Gasteiger partial charge >= 0.3 is 0 Å². The standard InChI is InChI=1S/C21H18N8O/c1-27-9-16(8-24-27)15-6-19-20(23-13-25-29(19)12-15)28-10-17(11-28)21(30)26-18-4-2-14(7-22)3-5-18/h2-6,8-9,12-13,17H,10-11H2,1H3,(H,26,30). The van der Waals surface area contributed by atoms with E-state index in [0.717, 1.165) is 22.5 Å². The number of nitriles is 1. The highest BCUT2D eigenvalue weighted by Gasteiger charge is 2.34. The smallest absolute Gasteiger partial charge is 0.231 e. The maximum absolute atomic E-state index is 12.5. The van der Waals surface area contributed by atoms with Gasteiger partial charge in [0.2, 0.25) is 5.91 Å². The molecular weight excluding hydrogens is 380 g/mol. The van der Waals surface area contributed by atoms with Crippen LogP contribution in [0, 0.1) is 17.2 Å². The number of nitrogens with one attached hydrogen (secondary N) is 1. The van der Waals surface area contributed by atoms with Crippen molar-refractivity contribution in [2.45, 2.75) is 0 Å². The maximum atomic E-state index is 12.5. The van der Waals surface area contributed by atoms with Crippen molar-refractivity contribution in [2.24, 2.45) is 13.0 Å². The largest absolute Gasteiger partial charge is 0.353 e. The zero-order valence-corrected chi connectivity index (χ0v) is 16.2. The number of carbonyl (C=O) groups excluding carboxylic acids is 1. The van der Waals surface area contributed by atoms with E-state index in [1.165, 1.54) is 6.33 Å². The van der Waals surface area contributed by atoms with E-state index in [1.807, 2.05) is 31.7 Å². The number of aryl methyl sites for hydroxylation is 1. The summed E-state index contributed by atoms with van der Waals surface area (Å²) in [6, 6.07) is 11.0. The Balaban J connectivity index is 1.30. The molecule has 3 aromatic heterocycles. The highest BCUT2D eigenvalue weighted by molar-refractivity contribution is 5.94. The van der Waals surface area contributed by atoms with Gasteiger partial charge in [0.05, 0.1) is 23.7 Å². The van der Waals surface area contributed by atoms with Crippen LogP contribution in [0.5, 0.6) is 0 Å². The lowest BCUT2D eigenvalue weighted by molar-refractivity contribution is -0.120. The van der Waals surface area contributed by atoms with Gasteiger partial charge in [-0.3, -0.25) is 9.48 Å². The number of hydrogen-bond acceptors (Lipinski definition) is 6. The number of carbonyl (C=O) groups is 1. The minimum atomic E-state index is -0.122. The number of nitrogens with zero attached hydrogens (tertiary/aromatic N) is 7. The number of amides is 1. The fourth-order valence-electron chi connectivity index (χ4n) is 3.58. The Labute approximate surface area is 172 Å². The van der Waals surface area contributed by atoms with E-state index in [4.69, 9.17) is 5.26 Å². The van der Waals surface area contributed by atoms with Gasteiger partial charge < -0.3 is 10.2 Å². The molecule has 0 unspecified atom stereocenters. The van der Waals surface area contributed by atoms with Crippen LogP contribution in [0.1, 0.15) is 5.56 Å². The fourth-order valence-corrected chi connectivity index (χ4v) is 3.58. The summed E-state index contributed by atoms with van der Waals surface area (Å²) in [6.45, 7) is 1.17. The number of hydrogen-bond donors (Lipinski definition) is 1. The average Bonchev–Trinajstić information content (AvgIpc) is 3.34. The van der Waals surface area contributed by atoms with E-state index in [9.17, 15) is 4.79 Å². The van der Waals surface area contributed by atoms with Gasteiger partial charge in [0.15, 0.2) is 5.82 Å². The molecule has 4 heterocycles. The third kappa shape index (κ3) is 3.14. The summed E-state index contributed by atoms with van der Waals surface area (Å²) < 4.78 is 3.56. The van der Waals surface area contributed by atoms with E-state index < -0.39 is 0 Å². The van der Waals surface area contributed by atoms with Crippen molar-refractivity contribution in [3.05, 3.63) is 60.8 Å². The molecule has 4 aromatic rings. The Kier molecular flexibility index (Phi) is 4.17. The number of aromatic nitrogens is 5. The van der Waals surface area contributed by atoms with Gasteiger partial charge in [0, 0.05) is 49.3 Å². The Bertz CT molecular complexity index is 1270. The second kappa shape index (κ2) is 7.00. The van der Waals surface area contributed by atoms with Crippen molar-refractivity contribution in [3.8, 4) is 17.2 Å². The first-order chi connectivity index (χ1) is 14.6. The monoisotopic (exact) mass is 398 g/mol. The first kappa shape index (κ1) is 17.9. The second-order valence-corrected chi connectivity index (χ2v) is 7.33. The number of anilines is 2. The molecule has 0 aliphatic carbocycles. The van der Waals surface area contributed by atoms with Crippen LogP contribution in [0.3, 0.4) is 0 Å². The quantitative estimate of drug-likeness (QED) is 0.564. The van der Waals surface area contributed by atoms with Gasteiger partial charge in [-0.05, 0) is 30.3 Å². The third-order valence-corrected chi connectivity index (χ3v) is 5.26. The van der Waals surface area contributed by atoms with Crippen LogP contribution in [0.15, 0.2) is 55.2 Å². The zero-order chi connectivity index (χ0) is 20.7. The normalized spacial score (nSPS) is 13.8. The van der Waals surface area contributed by atoms with Crippen molar-refractivity contribution >= 4 is 22.9 Å². The van der Waals surface area contributed by atoms with Gasteiger partial charge in [-0.25, -0.2) is 9.50 Å². The Morgan fingerprint density at radius 2 is 1.97 bits per heavy atom. The van der Waals surface area contributed by atoms with E-state index in [2.05, 4.69) is 31.5 Å². The summed E-state index contributed by atoms with van der Waals surface area (Å²) in [6.07, 6.45) is 7.25. The van der Waals surface area contributed by atoms with Gasteiger partial charge in [0.25, 0.3) is 0 Å². The topological polar surface area (TPSA) is 104 Å². The van der Waals surface area contributed by atoms with E-state index >= 15 is 0 Å². The molecule has 1 aliphatic rings. The van der Waals surface area contributed by atoms with Crippen LogP contribution in [0.25, 0.3) is 16.6 Å². The molecule has 0 saturated carbocycles. The lowest BCUT2D eigenvalue weighted by Gasteiger charge is -2.39. The zero-order valence-electron chi connectivity index (χ0n) is 16.2. The maximum Gasteiger partial charge on any atom is 0.231 e. The minimum Gasteiger partial charge on any atom is -0.353 e. The molecule has 1 aliphatic heterocycles. The van der Waals surface area contributed by atoms with E-state index in [1.54, 1.807) is 33.5 Å². The second-order valence-electron chi connectivity index (χ2n) is 7.33. The number of benzene rings is 1. The van der Waals surface area contributed by atoms with Crippen molar-refractivity contribution in [2.75, 3.05) is 23.3 Å². The molecule has 1 amide bonds. The van der Waals surface area contributed by atoms with Crippen LogP contribution in [0.2, 0.25) is 0 Å².